The first-order valence-corrected chi connectivity index (χ1v) is 5.91. The standard InChI is InChI=1S/C14H13N3O2/c1-8-6-10-4-3-5-11(15)12(10)17(8)14(18)13-16-7-9(2)19-13/h3-7H,15H2,1-2H3. The molecule has 3 rings (SSSR count). The quantitative estimate of drug-likeness (QED) is 0.678. The minimum absolute atomic E-state index is 0.0707. The first-order chi connectivity index (χ1) is 9.08. The molecule has 0 atom stereocenters. The number of fused-ring (bicyclic) bond motifs is 1. The Bertz CT molecular complexity index is 783. The molecule has 2 N–H and O–H groups in total. The fourth-order valence-corrected chi connectivity index (χ4v) is 2.23. The monoisotopic (exact) mass is 255 g/mol. The molecule has 0 aliphatic heterocycles. The SMILES string of the molecule is Cc1cnc(C(=O)n2c(C)cc3cccc(N)c32)o1. The van der Waals surface area contributed by atoms with Crippen molar-refractivity contribution in [3.05, 3.63) is 47.8 Å². The van der Waals surface area contributed by atoms with E-state index in [1.165, 1.54) is 10.8 Å². The van der Waals surface area contributed by atoms with Gasteiger partial charge in [0.15, 0.2) is 0 Å². The number of benzene rings is 1. The molecule has 3 aromatic rings. The Morgan fingerprint density at radius 1 is 1.37 bits per heavy atom. The van der Waals surface area contributed by atoms with E-state index in [-0.39, 0.29) is 11.8 Å². The number of nitrogens with two attached hydrogens (primary N) is 1. The molecular weight excluding hydrogens is 242 g/mol. The van der Waals surface area contributed by atoms with E-state index in [4.69, 9.17) is 10.2 Å². The molecule has 0 aliphatic rings. The van der Waals surface area contributed by atoms with Gasteiger partial charge in [0.2, 0.25) is 0 Å². The number of para-hydroxylation sites is 1. The fraction of sp³-hybridized carbons (Fsp3) is 0.143. The molecule has 5 heteroatoms. The molecular formula is C14H13N3O2. The summed E-state index contributed by atoms with van der Waals surface area (Å²) in [6.45, 7) is 3.60. The Balaban J connectivity index is 2.25. The molecule has 0 bridgehead atoms. The zero-order valence-electron chi connectivity index (χ0n) is 10.7. The average molecular weight is 255 g/mol. The fourth-order valence-electron chi connectivity index (χ4n) is 2.23. The van der Waals surface area contributed by atoms with Crippen LogP contribution in [-0.2, 0) is 0 Å². The number of carbonyl (C=O) groups excluding carboxylic acids is 1. The van der Waals surface area contributed by atoms with Gasteiger partial charge in [0, 0.05) is 11.1 Å². The molecule has 0 spiro atoms. The van der Waals surface area contributed by atoms with Gasteiger partial charge < -0.3 is 10.2 Å². The van der Waals surface area contributed by atoms with Gasteiger partial charge >= 0.3 is 5.91 Å². The van der Waals surface area contributed by atoms with E-state index in [0.29, 0.717) is 17.0 Å². The largest absolute Gasteiger partial charge is 0.438 e. The molecule has 0 saturated heterocycles. The van der Waals surface area contributed by atoms with Crippen LogP contribution in [-0.4, -0.2) is 15.5 Å². The molecule has 0 radical (unpaired) electrons. The number of oxazole rings is 1. The van der Waals surface area contributed by atoms with Crippen LogP contribution in [0.15, 0.2) is 34.9 Å². The highest BCUT2D eigenvalue weighted by Gasteiger charge is 2.20. The summed E-state index contributed by atoms with van der Waals surface area (Å²) in [6, 6.07) is 7.47. The van der Waals surface area contributed by atoms with Crippen LogP contribution in [0.5, 0.6) is 0 Å². The summed E-state index contributed by atoms with van der Waals surface area (Å²) in [5, 5.41) is 0.925. The first kappa shape index (κ1) is 11.5. The Morgan fingerprint density at radius 3 is 2.84 bits per heavy atom. The van der Waals surface area contributed by atoms with Crippen molar-refractivity contribution in [1.82, 2.24) is 9.55 Å². The lowest BCUT2D eigenvalue weighted by Crippen LogP contribution is -2.14. The maximum atomic E-state index is 12.5. The number of hydrogen-bond donors (Lipinski definition) is 1. The first-order valence-electron chi connectivity index (χ1n) is 5.91. The van der Waals surface area contributed by atoms with Gasteiger partial charge in [-0.25, -0.2) is 4.98 Å². The molecule has 0 aliphatic carbocycles. The molecule has 0 unspecified atom stereocenters. The second kappa shape index (κ2) is 3.98. The highest BCUT2D eigenvalue weighted by atomic mass is 16.4. The van der Waals surface area contributed by atoms with E-state index >= 15 is 0 Å². The van der Waals surface area contributed by atoms with E-state index in [9.17, 15) is 4.79 Å². The number of hydrogen-bond acceptors (Lipinski definition) is 4. The highest BCUT2D eigenvalue weighted by molar-refractivity contribution is 6.04. The summed E-state index contributed by atoms with van der Waals surface area (Å²) in [4.78, 5) is 16.4. The minimum Gasteiger partial charge on any atom is -0.438 e. The molecule has 2 heterocycles. The van der Waals surface area contributed by atoms with E-state index in [1.54, 1.807) is 13.0 Å². The van der Waals surface area contributed by atoms with Gasteiger partial charge in [-0.15, -0.1) is 0 Å². The molecule has 2 aromatic heterocycles. The average Bonchev–Trinajstić information content (AvgIpc) is 2.92. The highest BCUT2D eigenvalue weighted by Crippen LogP contribution is 2.25. The van der Waals surface area contributed by atoms with E-state index < -0.39 is 0 Å². The molecule has 1 aromatic carbocycles. The second-order valence-electron chi connectivity index (χ2n) is 4.49. The van der Waals surface area contributed by atoms with Gasteiger partial charge in [0.05, 0.1) is 17.4 Å². The van der Waals surface area contributed by atoms with Crippen LogP contribution in [0.1, 0.15) is 22.1 Å². The number of nitrogens with zero attached hydrogens (tertiary/aromatic N) is 2. The zero-order valence-corrected chi connectivity index (χ0v) is 10.7. The predicted molar refractivity (Wildman–Crippen MR) is 72.1 cm³/mol. The normalized spacial score (nSPS) is 11.1. The number of anilines is 1. The van der Waals surface area contributed by atoms with Gasteiger partial charge in [-0.05, 0) is 26.0 Å². The van der Waals surface area contributed by atoms with E-state index in [1.807, 2.05) is 25.1 Å². The van der Waals surface area contributed by atoms with Crippen LogP contribution in [0, 0.1) is 13.8 Å². The summed E-state index contributed by atoms with van der Waals surface area (Å²) in [7, 11) is 0. The van der Waals surface area contributed by atoms with Gasteiger partial charge in [-0.3, -0.25) is 9.36 Å². The maximum absolute atomic E-state index is 12.5. The van der Waals surface area contributed by atoms with Crippen LogP contribution in [0.25, 0.3) is 10.9 Å². The van der Waals surface area contributed by atoms with Gasteiger partial charge in [-0.2, -0.15) is 0 Å². The molecule has 0 saturated carbocycles. The van der Waals surface area contributed by atoms with Crippen LogP contribution >= 0.6 is 0 Å². The van der Waals surface area contributed by atoms with Crippen LogP contribution in [0.3, 0.4) is 0 Å². The molecule has 0 amide bonds. The third-order valence-corrected chi connectivity index (χ3v) is 3.05. The lowest BCUT2D eigenvalue weighted by molar-refractivity contribution is 0.0927. The zero-order chi connectivity index (χ0) is 13.6. The topological polar surface area (TPSA) is 74.0 Å². The number of nitrogen functional groups attached to an aromatic ring is 1. The van der Waals surface area contributed by atoms with E-state index in [2.05, 4.69) is 4.98 Å². The van der Waals surface area contributed by atoms with Gasteiger partial charge in [0.1, 0.15) is 5.76 Å². The lowest BCUT2D eigenvalue weighted by atomic mass is 10.2. The van der Waals surface area contributed by atoms with Crippen molar-refractivity contribution in [3.63, 3.8) is 0 Å². The van der Waals surface area contributed by atoms with E-state index in [0.717, 1.165) is 11.1 Å². The smallest absolute Gasteiger partial charge is 0.318 e. The minimum atomic E-state index is -0.307. The molecule has 19 heavy (non-hydrogen) atoms. The number of aromatic nitrogens is 2. The Hall–Kier alpha value is -2.56. The third-order valence-electron chi connectivity index (χ3n) is 3.05. The lowest BCUT2D eigenvalue weighted by Gasteiger charge is -2.05. The second-order valence-corrected chi connectivity index (χ2v) is 4.49. The molecule has 0 fully saturated rings. The Labute approximate surface area is 109 Å². The van der Waals surface area contributed by atoms with Crippen LogP contribution < -0.4 is 5.73 Å². The van der Waals surface area contributed by atoms with Crippen LogP contribution in [0.4, 0.5) is 5.69 Å². The number of rotatable bonds is 1. The molecule has 5 nitrogen and oxygen atoms in total. The summed E-state index contributed by atoms with van der Waals surface area (Å²) in [6.07, 6.45) is 1.53. The Morgan fingerprint density at radius 2 is 2.16 bits per heavy atom. The van der Waals surface area contributed by atoms with Gasteiger partial charge in [-0.1, -0.05) is 12.1 Å². The summed E-state index contributed by atoms with van der Waals surface area (Å²) in [5.41, 5.74) is 8.02. The predicted octanol–water partition coefficient (Wildman–Crippen LogP) is 2.52. The number of aryl methyl sites for hydroxylation is 2. The van der Waals surface area contributed by atoms with Crippen molar-refractivity contribution in [2.75, 3.05) is 5.73 Å². The van der Waals surface area contributed by atoms with Crippen molar-refractivity contribution in [3.8, 4) is 0 Å². The van der Waals surface area contributed by atoms with Crippen molar-refractivity contribution >= 4 is 22.5 Å². The van der Waals surface area contributed by atoms with Crippen molar-refractivity contribution in [1.29, 1.82) is 0 Å². The van der Waals surface area contributed by atoms with Crippen molar-refractivity contribution in [2.45, 2.75) is 13.8 Å². The Kier molecular flexibility index (Phi) is 2.41. The van der Waals surface area contributed by atoms with Gasteiger partial charge in [0.25, 0.3) is 5.89 Å². The van der Waals surface area contributed by atoms with Crippen molar-refractivity contribution in [2.24, 2.45) is 0 Å². The summed E-state index contributed by atoms with van der Waals surface area (Å²) >= 11 is 0. The summed E-state index contributed by atoms with van der Waals surface area (Å²) in [5.74, 6) is 0.366. The number of carbonyl (C=O) groups is 1. The van der Waals surface area contributed by atoms with Crippen LogP contribution in [0.2, 0.25) is 0 Å². The van der Waals surface area contributed by atoms with Crippen molar-refractivity contribution < 1.29 is 9.21 Å². The molecule has 96 valence electrons. The summed E-state index contributed by atoms with van der Waals surface area (Å²) < 4.78 is 6.83. The maximum Gasteiger partial charge on any atom is 0.318 e. The third kappa shape index (κ3) is 1.71.